The number of ether oxygens (including phenoxy) is 2. The first-order chi connectivity index (χ1) is 8.86. The van der Waals surface area contributed by atoms with Gasteiger partial charge in [0.1, 0.15) is 0 Å². The molecule has 19 heavy (non-hydrogen) atoms. The average molecular weight is 388 g/mol. The maximum atomic E-state index is 5.39. The molecule has 0 N–H and O–H groups in total. The molecular weight excluding hydrogens is 372 g/mol. The topological polar surface area (TPSA) is 18.5 Å². The van der Waals surface area contributed by atoms with Crippen LogP contribution in [0.3, 0.4) is 0 Å². The van der Waals surface area contributed by atoms with Gasteiger partial charge in [0.05, 0.1) is 25.0 Å². The SMILES string of the molecule is ClCCO[c-]1[cH-][cH-][cH-][cH-]1.ClCCO[c-]1cccc1.[Ru]. The molecule has 0 saturated heterocycles. The molecule has 0 spiro atoms. The number of rotatable bonds is 6. The normalized spacial score (nSPS) is 8.95. The van der Waals surface area contributed by atoms with Gasteiger partial charge in [0, 0.05) is 25.2 Å². The molecule has 2 nitrogen and oxygen atoms in total. The van der Waals surface area contributed by atoms with Crippen LogP contribution in [0.2, 0.25) is 0 Å². The van der Waals surface area contributed by atoms with E-state index in [4.69, 9.17) is 32.7 Å². The summed E-state index contributed by atoms with van der Waals surface area (Å²) in [6.45, 7) is 1.18. The quantitative estimate of drug-likeness (QED) is 0.423. The summed E-state index contributed by atoms with van der Waals surface area (Å²) >= 11 is 10.8. The maximum absolute atomic E-state index is 5.39. The molecule has 0 unspecified atom stereocenters. The molecule has 0 aliphatic heterocycles. The van der Waals surface area contributed by atoms with Gasteiger partial charge in [0.25, 0.3) is 0 Å². The predicted molar refractivity (Wildman–Crippen MR) is 76.5 cm³/mol. The number of hydrogen-bond acceptors (Lipinski definition) is 2. The van der Waals surface area contributed by atoms with E-state index in [1.165, 1.54) is 0 Å². The van der Waals surface area contributed by atoms with Crippen molar-refractivity contribution in [3.63, 3.8) is 0 Å². The van der Waals surface area contributed by atoms with Crippen LogP contribution in [0.1, 0.15) is 0 Å². The fourth-order valence-electron chi connectivity index (χ4n) is 1.22. The molecule has 0 aromatic heterocycles. The van der Waals surface area contributed by atoms with Crippen molar-refractivity contribution >= 4 is 23.2 Å². The zero-order valence-electron chi connectivity index (χ0n) is 10.4. The minimum atomic E-state index is 0. The summed E-state index contributed by atoms with van der Waals surface area (Å²) in [5.41, 5.74) is 0. The maximum Gasteiger partial charge on any atom is 0.0850 e. The van der Waals surface area contributed by atoms with Crippen LogP contribution in [-0.2, 0) is 19.5 Å². The van der Waals surface area contributed by atoms with Gasteiger partial charge in [-0.25, -0.2) is 12.1 Å². The van der Waals surface area contributed by atoms with Crippen molar-refractivity contribution in [1.82, 2.24) is 0 Å². The molecule has 0 bridgehead atoms. The summed E-state index contributed by atoms with van der Waals surface area (Å²) in [6, 6.07) is 15.4. The van der Waals surface area contributed by atoms with Gasteiger partial charge in [-0.15, -0.1) is 35.3 Å². The monoisotopic (exact) mass is 388 g/mol. The van der Waals surface area contributed by atoms with Crippen molar-refractivity contribution in [2.75, 3.05) is 25.0 Å². The Balaban J connectivity index is 0.000000324. The van der Waals surface area contributed by atoms with Crippen LogP contribution in [0, 0.1) is 0 Å². The Labute approximate surface area is 137 Å². The van der Waals surface area contributed by atoms with E-state index < -0.39 is 0 Å². The number of hydrogen-bond donors (Lipinski definition) is 0. The third kappa shape index (κ3) is 9.10. The van der Waals surface area contributed by atoms with Crippen molar-refractivity contribution in [2.24, 2.45) is 0 Å². The van der Waals surface area contributed by atoms with Gasteiger partial charge in [0.2, 0.25) is 0 Å². The minimum absolute atomic E-state index is 0. The van der Waals surface area contributed by atoms with Gasteiger partial charge in [-0.2, -0.15) is 0 Å². The average Bonchev–Trinajstić information content (AvgIpc) is 3.07. The standard InChI is InChI=1S/2C7H8ClO.Ru/c2*8-5-6-9-7-3-1-2-4-7;/h2*1-4H,5-6H2;/q-5;-1;. The second-order valence-electron chi connectivity index (χ2n) is 3.32. The minimum Gasteiger partial charge on any atom is -0.745 e. The van der Waals surface area contributed by atoms with Crippen LogP contribution in [0.25, 0.3) is 0 Å². The Hall–Kier alpha value is -0.497. The summed E-state index contributed by atoms with van der Waals surface area (Å²) in [4.78, 5) is 0. The van der Waals surface area contributed by atoms with Gasteiger partial charge in [-0.05, 0) is 0 Å². The predicted octanol–water partition coefficient (Wildman–Crippen LogP) is 4.04. The summed E-state index contributed by atoms with van der Waals surface area (Å²) in [5, 5.41) is 0. The molecule has 0 amide bonds. The Kier molecular flexibility index (Phi) is 12.2. The van der Waals surface area contributed by atoms with E-state index in [1.54, 1.807) is 0 Å². The molecule has 0 heterocycles. The molecule has 2 aromatic rings. The molecule has 0 aliphatic carbocycles. The van der Waals surface area contributed by atoms with Crippen molar-refractivity contribution in [3.05, 3.63) is 48.5 Å². The first-order valence-electron chi connectivity index (χ1n) is 5.67. The summed E-state index contributed by atoms with van der Waals surface area (Å²) in [5.74, 6) is 2.89. The van der Waals surface area contributed by atoms with E-state index in [0.29, 0.717) is 25.0 Å². The Morgan fingerprint density at radius 3 is 1.95 bits per heavy atom. The molecule has 5 heteroatoms. The van der Waals surface area contributed by atoms with E-state index in [9.17, 15) is 0 Å². The van der Waals surface area contributed by atoms with Gasteiger partial charge in [0.15, 0.2) is 0 Å². The third-order valence-electron chi connectivity index (χ3n) is 1.96. The van der Waals surface area contributed by atoms with E-state index in [-0.39, 0.29) is 19.5 Å². The second-order valence-corrected chi connectivity index (χ2v) is 4.07. The smallest absolute Gasteiger partial charge is 0.0850 e. The Bertz CT molecular complexity index is 336. The van der Waals surface area contributed by atoms with Crippen LogP contribution >= 0.6 is 23.2 Å². The van der Waals surface area contributed by atoms with E-state index in [0.717, 1.165) is 11.5 Å². The van der Waals surface area contributed by atoms with E-state index in [2.05, 4.69) is 0 Å². The third-order valence-corrected chi connectivity index (χ3v) is 2.26. The van der Waals surface area contributed by atoms with Crippen LogP contribution in [0.4, 0.5) is 0 Å². The van der Waals surface area contributed by atoms with Crippen LogP contribution in [0.15, 0.2) is 48.5 Å². The number of halogens is 2. The molecule has 2 aromatic carbocycles. The van der Waals surface area contributed by atoms with Crippen molar-refractivity contribution in [1.29, 1.82) is 0 Å². The van der Waals surface area contributed by atoms with Crippen molar-refractivity contribution in [3.8, 4) is 11.5 Å². The molecule has 0 atom stereocenters. The molecule has 112 valence electrons. The first kappa shape index (κ1) is 18.5. The fraction of sp³-hybridized carbons (Fsp3) is 0.286. The molecule has 2 rings (SSSR count). The molecule has 0 radical (unpaired) electrons. The van der Waals surface area contributed by atoms with Crippen LogP contribution in [-0.4, -0.2) is 25.0 Å². The summed E-state index contributed by atoms with van der Waals surface area (Å²) in [6.07, 6.45) is 0. The van der Waals surface area contributed by atoms with E-state index >= 15 is 0 Å². The zero-order chi connectivity index (χ0) is 13.1. The molecule has 0 aliphatic rings. The summed E-state index contributed by atoms with van der Waals surface area (Å²) < 4.78 is 10.3. The van der Waals surface area contributed by atoms with Crippen LogP contribution < -0.4 is 9.47 Å². The van der Waals surface area contributed by atoms with Gasteiger partial charge in [-0.1, -0.05) is 0 Å². The second kappa shape index (κ2) is 12.5. The Morgan fingerprint density at radius 1 is 0.895 bits per heavy atom. The van der Waals surface area contributed by atoms with Crippen LogP contribution in [0.5, 0.6) is 11.5 Å². The number of alkyl halides is 2. The van der Waals surface area contributed by atoms with Gasteiger partial charge in [-0.3, -0.25) is 0 Å². The van der Waals surface area contributed by atoms with Crippen molar-refractivity contribution < 1.29 is 29.0 Å². The fourth-order valence-corrected chi connectivity index (χ4v) is 1.37. The Morgan fingerprint density at radius 2 is 1.42 bits per heavy atom. The zero-order valence-corrected chi connectivity index (χ0v) is 13.6. The first-order valence-corrected chi connectivity index (χ1v) is 6.74. The largest absolute Gasteiger partial charge is 0.745 e. The van der Waals surface area contributed by atoms with E-state index in [1.807, 2.05) is 48.5 Å². The van der Waals surface area contributed by atoms with Gasteiger partial charge < -0.3 is 39.5 Å². The summed E-state index contributed by atoms with van der Waals surface area (Å²) in [7, 11) is 0. The van der Waals surface area contributed by atoms with Crippen molar-refractivity contribution in [2.45, 2.75) is 0 Å². The molecule has 0 fully saturated rings. The molecular formula is C14H16Cl2O2Ru-6. The molecule has 0 saturated carbocycles. The van der Waals surface area contributed by atoms with Gasteiger partial charge >= 0.3 is 0 Å².